The molecule has 6 nitrogen and oxygen atoms in total. The number of nitrogens with one attached hydrogen (secondary N) is 1. The Morgan fingerprint density at radius 3 is 2.85 bits per heavy atom. The largest absolute Gasteiger partial charge is 0.396 e. The zero-order valence-electron chi connectivity index (χ0n) is 15.2. The van der Waals surface area contributed by atoms with Crippen molar-refractivity contribution < 1.29 is 14.6 Å². The van der Waals surface area contributed by atoms with Crippen molar-refractivity contribution in [2.45, 2.75) is 19.8 Å². The summed E-state index contributed by atoms with van der Waals surface area (Å²) < 4.78 is 5.39. The minimum atomic E-state index is -0.273. The van der Waals surface area contributed by atoms with Crippen LogP contribution in [0.5, 0.6) is 0 Å². The number of nitrogens with zero attached hydrogens (tertiary/aromatic N) is 2. The van der Waals surface area contributed by atoms with Crippen LogP contribution in [-0.2, 0) is 4.74 Å². The summed E-state index contributed by atoms with van der Waals surface area (Å²) in [5, 5.41) is 15.8. The van der Waals surface area contributed by atoms with Gasteiger partial charge < -0.3 is 20.1 Å². The van der Waals surface area contributed by atoms with Crippen molar-refractivity contribution in [1.29, 1.82) is 0 Å². The highest BCUT2D eigenvalue weighted by Crippen LogP contribution is 2.31. The van der Waals surface area contributed by atoms with E-state index in [1.807, 2.05) is 36.6 Å². The summed E-state index contributed by atoms with van der Waals surface area (Å²) in [5.74, 6) is 0. The van der Waals surface area contributed by atoms with E-state index in [1.54, 1.807) is 23.3 Å². The van der Waals surface area contributed by atoms with Crippen LogP contribution in [0.1, 0.15) is 17.8 Å². The zero-order chi connectivity index (χ0) is 18.6. The summed E-state index contributed by atoms with van der Waals surface area (Å²) in [6.07, 6.45) is 1.53. The molecule has 7 heteroatoms. The normalized spacial score (nSPS) is 16.3. The number of anilines is 1. The second-order valence-electron chi connectivity index (χ2n) is 6.89. The van der Waals surface area contributed by atoms with Crippen molar-refractivity contribution in [3.05, 3.63) is 34.7 Å². The lowest BCUT2D eigenvalue weighted by atomic mass is 9.80. The Hall–Kier alpha value is -1.96. The Bertz CT molecular complexity index is 756. The fourth-order valence-corrected chi connectivity index (χ4v) is 3.84. The van der Waals surface area contributed by atoms with E-state index in [2.05, 4.69) is 10.3 Å². The Morgan fingerprint density at radius 1 is 1.42 bits per heavy atom. The number of aliphatic hydroxyl groups is 1. The Kier molecular flexibility index (Phi) is 5.90. The van der Waals surface area contributed by atoms with Crippen molar-refractivity contribution in [2.24, 2.45) is 5.41 Å². The molecule has 2 N–H and O–H groups in total. The summed E-state index contributed by atoms with van der Waals surface area (Å²) in [6.45, 7) is 3.80. The zero-order valence-corrected chi connectivity index (χ0v) is 16.0. The minimum Gasteiger partial charge on any atom is -0.396 e. The molecule has 0 saturated carbocycles. The molecule has 1 aliphatic heterocycles. The molecule has 3 rings (SSSR count). The smallest absolute Gasteiger partial charge is 0.321 e. The second-order valence-corrected chi connectivity index (χ2v) is 7.95. The van der Waals surface area contributed by atoms with Gasteiger partial charge in [0.05, 0.1) is 17.3 Å². The van der Waals surface area contributed by atoms with Gasteiger partial charge in [-0.1, -0.05) is 12.1 Å². The number of hydrogen-bond donors (Lipinski definition) is 2. The fourth-order valence-electron chi connectivity index (χ4n) is 3.22. The average Bonchev–Trinajstić information content (AvgIpc) is 3.09. The lowest BCUT2D eigenvalue weighted by molar-refractivity contribution is -0.0255. The molecular weight excluding hydrogens is 350 g/mol. The molecule has 2 amide bonds. The molecule has 0 atom stereocenters. The maximum atomic E-state index is 12.6. The van der Waals surface area contributed by atoms with Crippen molar-refractivity contribution in [3.8, 4) is 11.3 Å². The number of rotatable bonds is 5. The first kappa shape index (κ1) is 18.8. The molecule has 0 unspecified atom stereocenters. The van der Waals surface area contributed by atoms with E-state index in [0.717, 1.165) is 34.8 Å². The van der Waals surface area contributed by atoms with Gasteiger partial charge in [0.2, 0.25) is 0 Å². The molecule has 0 radical (unpaired) electrons. The second kappa shape index (κ2) is 8.16. The number of amides is 2. The van der Waals surface area contributed by atoms with E-state index in [0.29, 0.717) is 19.8 Å². The summed E-state index contributed by atoms with van der Waals surface area (Å²) in [4.78, 5) is 18.7. The summed E-state index contributed by atoms with van der Waals surface area (Å²) in [7, 11) is 1.76. The van der Waals surface area contributed by atoms with Gasteiger partial charge in [-0.15, -0.1) is 11.3 Å². The van der Waals surface area contributed by atoms with Crippen LogP contribution in [0, 0.1) is 12.3 Å². The third-order valence-electron chi connectivity index (χ3n) is 4.84. The maximum absolute atomic E-state index is 12.6. The third-order valence-corrected chi connectivity index (χ3v) is 5.61. The third kappa shape index (κ3) is 4.41. The summed E-state index contributed by atoms with van der Waals surface area (Å²) in [6, 6.07) is 7.50. The van der Waals surface area contributed by atoms with Crippen LogP contribution in [0.15, 0.2) is 29.6 Å². The molecular formula is C19H25N3O3S. The van der Waals surface area contributed by atoms with Gasteiger partial charge in [0.25, 0.3) is 0 Å². The lowest BCUT2D eigenvalue weighted by Gasteiger charge is -2.38. The molecule has 0 spiro atoms. The molecule has 1 saturated heterocycles. The summed E-state index contributed by atoms with van der Waals surface area (Å²) in [5.41, 5.74) is 2.35. The predicted molar refractivity (Wildman–Crippen MR) is 104 cm³/mol. The molecule has 1 aromatic heterocycles. The molecule has 0 aliphatic carbocycles. The number of aryl methyl sites for hydroxylation is 1. The molecule has 140 valence electrons. The van der Waals surface area contributed by atoms with Crippen LogP contribution in [0.2, 0.25) is 0 Å². The van der Waals surface area contributed by atoms with Crippen LogP contribution in [0.3, 0.4) is 0 Å². The number of carbonyl (C=O) groups excluding carboxylic acids is 1. The monoisotopic (exact) mass is 375 g/mol. The van der Waals surface area contributed by atoms with Gasteiger partial charge in [-0.05, 0) is 31.9 Å². The number of hydrogen-bond acceptors (Lipinski definition) is 5. The van der Waals surface area contributed by atoms with E-state index in [9.17, 15) is 9.90 Å². The molecule has 26 heavy (non-hydrogen) atoms. The highest BCUT2D eigenvalue weighted by atomic mass is 32.1. The van der Waals surface area contributed by atoms with Gasteiger partial charge in [0, 0.05) is 48.9 Å². The number of carbonyl (C=O) groups is 1. The van der Waals surface area contributed by atoms with E-state index in [4.69, 9.17) is 4.74 Å². The van der Waals surface area contributed by atoms with Crippen LogP contribution in [-0.4, -0.2) is 54.4 Å². The number of ether oxygens (including phenoxy) is 1. The Morgan fingerprint density at radius 2 is 2.19 bits per heavy atom. The molecule has 1 aliphatic rings. The van der Waals surface area contributed by atoms with E-state index in [-0.39, 0.29) is 18.1 Å². The van der Waals surface area contributed by atoms with Crippen molar-refractivity contribution in [1.82, 2.24) is 9.88 Å². The molecule has 1 aromatic carbocycles. The van der Waals surface area contributed by atoms with E-state index < -0.39 is 0 Å². The van der Waals surface area contributed by atoms with Crippen molar-refractivity contribution in [3.63, 3.8) is 0 Å². The quantitative estimate of drug-likeness (QED) is 0.840. The van der Waals surface area contributed by atoms with Crippen LogP contribution < -0.4 is 5.32 Å². The van der Waals surface area contributed by atoms with Gasteiger partial charge in [0.1, 0.15) is 0 Å². The minimum absolute atomic E-state index is 0.0621. The Balaban J connectivity index is 1.65. The standard InChI is InChI=1S/C19H25N3O3S/c1-14-20-17(11-26-14)15-4-3-5-16(10-15)21-18(24)22(2)12-19(13-23)6-8-25-9-7-19/h3-5,10-11,23H,6-9,12-13H2,1-2H3,(H,21,24). The van der Waals surface area contributed by atoms with E-state index in [1.165, 1.54) is 0 Å². The average molecular weight is 375 g/mol. The fraction of sp³-hybridized carbons (Fsp3) is 0.474. The van der Waals surface area contributed by atoms with Gasteiger partial charge in [-0.3, -0.25) is 0 Å². The number of aromatic nitrogens is 1. The topological polar surface area (TPSA) is 74.7 Å². The highest BCUT2D eigenvalue weighted by molar-refractivity contribution is 7.09. The first-order valence-corrected chi connectivity index (χ1v) is 9.63. The van der Waals surface area contributed by atoms with Crippen LogP contribution >= 0.6 is 11.3 Å². The predicted octanol–water partition coefficient (Wildman–Crippen LogP) is 3.37. The molecule has 2 aromatic rings. The highest BCUT2D eigenvalue weighted by Gasteiger charge is 2.34. The first-order valence-electron chi connectivity index (χ1n) is 8.75. The number of aliphatic hydroxyl groups excluding tert-OH is 1. The van der Waals surface area contributed by atoms with Gasteiger partial charge in [-0.2, -0.15) is 0 Å². The van der Waals surface area contributed by atoms with Crippen molar-refractivity contribution >= 4 is 23.1 Å². The molecule has 0 bridgehead atoms. The van der Waals surface area contributed by atoms with Gasteiger partial charge >= 0.3 is 6.03 Å². The number of benzene rings is 1. The number of urea groups is 1. The summed E-state index contributed by atoms with van der Waals surface area (Å²) >= 11 is 1.60. The number of thiazole rings is 1. The van der Waals surface area contributed by atoms with Crippen molar-refractivity contribution in [2.75, 3.05) is 38.7 Å². The SMILES string of the molecule is Cc1nc(-c2cccc(NC(=O)N(C)CC3(CO)CCOCC3)c2)cs1. The van der Waals surface area contributed by atoms with Gasteiger partial charge in [0.15, 0.2) is 0 Å². The van der Waals surface area contributed by atoms with E-state index >= 15 is 0 Å². The van der Waals surface area contributed by atoms with Gasteiger partial charge in [-0.25, -0.2) is 9.78 Å². The molecule has 2 heterocycles. The molecule has 1 fully saturated rings. The van der Waals surface area contributed by atoms with Crippen LogP contribution in [0.25, 0.3) is 11.3 Å². The Labute approximate surface area is 157 Å². The van der Waals surface area contributed by atoms with Crippen LogP contribution in [0.4, 0.5) is 10.5 Å². The first-order chi connectivity index (χ1) is 12.5. The maximum Gasteiger partial charge on any atom is 0.321 e. The lowest BCUT2D eigenvalue weighted by Crippen LogP contribution is -2.45.